The van der Waals surface area contributed by atoms with Crippen LogP contribution in [0.2, 0.25) is 0 Å². The number of hydrogen-bond donors (Lipinski definition) is 1. The van der Waals surface area contributed by atoms with E-state index in [0.29, 0.717) is 0 Å². The molecule has 2 unspecified atom stereocenters. The molecule has 2 heterocycles. The number of thioether (sulfide) groups is 1. The zero-order chi connectivity index (χ0) is 10.5. The summed E-state index contributed by atoms with van der Waals surface area (Å²) >= 11 is 2.11. The highest BCUT2D eigenvalue weighted by Gasteiger charge is 2.26. The quantitative estimate of drug-likeness (QED) is 0.795. The smallest absolute Gasteiger partial charge is 0.00247 e. The molecule has 2 aliphatic heterocycles. The first kappa shape index (κ1) is 11.7. The van der Waals surface area contributed by atoms with Crippen LogP contribution in [0.3, 0.4) is 0 Å². The molecular formula is C12H24N2S. The highest BCUT2D eigenvalue weighted by atomic mass is 32.2. The van der Waals surface area contributed by atoms with E-state index < -0.39 is 0 Å². The maximum atomic E-state index is 5.93. The van der Waals surface area contributed by atoms with Gasteiger partial charge >= 0.3 is 0 Å². The van der Waals surface area contributed by atoms with Crippen molar-refractivity contribution in [1.29, 1.82) is 0 Å². The summed E-state index contributed by atoms with van der Waals surface area (Å²) in [5, 5.41) is 0. The number of piperidine rings is 1. The standard InChI is InChI=1S/C12H24N2S/c13-8-12(11-4-7-15-10-11)9-14-5-2-1-3-6-14/h11-12H,1-10,13H2. The predicted octanol–water partition coefficient (Wildman–Crippen LogP) is 1.80. The van der Waals surface area contributed by atoms with Gasteiger partial charge in [-0.2, -0.15) is 11.8 Å². The van der Waals surface area contributed by atoms with Crippen LogP contribution in [0.15, 0.2) is 0 Å². The van der Waals surface area contributed by atoms with Gasteiger partial charge in [0.25, 0.3) is 0 Å². The van der Waals surface area contributed by atoms with Crippen LogP contribution in [0, 0.1) is 11.8 Å². The summed E-state index contributed by atoms with van der Waals surface area (Å²) in [7, 11) is 0. The third-order valence-electron chi connectivity index (χ3n) is 3.88. The van der Waals surface area contributed by atoms with Crippen molar-refractivity contribution in [3.05, 3.63) is 0 Å². The normalized spacial score (nSPS) is 30.6. The fourth-order valence-corrected chi connectivity index (χ4v) is 4.19. The molecule has 0 aliphatic carbocycles. The van der Waals surface area contributed by atoms with Gasteiger partial charge in [0, 0.05) is 6.54 Å². The Hall–Kier alpha value is 0.270. The maximum Gasteiger partial charge on any atom is 0.00247 e. The zero-order valence-corrected chi connectivity index (χ0v) is 10.5. The summed E-state index contributed by atoms with van der Waals surface area (Å²) in [4.78, 5) is 2.64. The minimum absolute atomic E-state index is 0.762. The lowest BCUT2D eigenvalue weighted by atomic mass is 9.91. The summed E-state index contributed by atoms with van der Waals surface area (Å²) in [6.45, 7) is 4.79. The van der Waals surface area contributed by atoms with Gasteiger partial charge in [0.15, 0.2) is 0 Å². The number of hydrogen-bond acceptors (Lipinski definition) is 3. The molecule has 0 aromatic heterocycles. The van der Waals surface area contributed by atoms with E-state index in [1.807, 2.05) is 0 Å². The Balaban J connectivity index is 1.78. The van der Waals surface area contributed by atoms with Crippen LogP contribution in [-0.4, -0.2) is 42.6 Å². The van der Waals surface area contributed by atoms with E-state index in [2.05, 4.69) is 16.7 Å². The second-order valence-electron chi connectivity index (χ2n) is 4.98. The maximum absolute atomic E-state index is 5.93. The molecule has 3 heteroatoms. The van der Waals surface area contributed by atoms with E-state index >= 15 is 0 Å². The summed E-state index contributed by atoms with van der Waals surface area (Å²) in [6, 6.07) is 0. The van der Waals surface area contributed by atoms with E-state index in [4.69, 9.17) is 5.73 Å². The van der Waals surface area contributed by atoms with Crippen molar-refractivity contribution >= 4 is 11.8 Å². The molecule has 0 bridgehead atoms. The molecule has 2 atom stereocenters. The third-order valence-corrected chi connectivity index (χ3v) is 5.06. The molecule has 0 spiro atoms. The van der Waals surface area contributed by atoms with Crippen molar-refractivity contribution in [2.45, 2.75) is 25.7 Å². The van der Waals surface area contributed by atoms with Crippen molar-refractivity contribution in [3.8, 4) is 0 Å². The van der Waals surface area contributed by atoms with Crippen LogP contribution in [-0.2, 0) is 0 Å². The molecule has 2 N–H and O–H groups in total. The molecule has 0 aromatic carbocycles. The molecule has 0 amide bonds. The Bertz CT molecular complexity index is 174. The van der Waals surface area contributed by atoms with Gasteiger partial charge < -0.3 is 10.6 Å². The van der Waals surface area contributed by atoms with Gasteiger partial charge in [-0.25, -0.2) is 0 Å². The molecule has 88 valence electrons. The number of rotatable bonds is 4. The lowest BCUT2D eigenvalue weighted by Gasteiger charge is -2.32. The summed E-state index contributed by atoms with van der Waals surface area (Å²) in [5.41, 5.74) is 5.93. The van der Waals surface area contributed by atoms with Crippen LogP contribution >= 0.6 is 11.8 Å². The first-order valence-corrected chi connectivity index (χ1v) is 7.56. The first-order valence-electron chi connectivity index (χ1n) is 6.40. The second-order valence-corrected chi connectivity index (χ2v) is 6.13. The van der Waals surface area contributed by atoms with E-state index in [-0.39, 0.29) is 0 Å². The van der Waals surface area contributed by atoms with Gasteiger partial charge in [-0.3, -0.25) is 0 Å². The van der Waals surface area contributed by atoms with Gasteiger partial charge in [-0.15, -0.1) is 0 Å². The minimum Gasteiger partial charge on any atom is -0.330 e. The van der Waals surface area contributed by atoms with E-state index in [0.717, 1.165) is 18.4 Å². The van der Waals surface area contributed by atoms with E-state index in [1.54, 1.807) is 0 Å². The van der Waals surface area contributed by atoms with Crippen LogP contribution in [0.4, 0.5) is 0 Å². The largest absolute Gasteiger partial charge is 0.330 e. The molecule has 0 saturated carbocycles. The Labute approximate surface area is 98.0 Å². The molecule has 0 radical (unpaired) electrons. The van der Waals surface area contributed by atoms with Crippen molar-refractivity contribution in [2.24, 2.45) is 17.6 Å². The summed E-state index contributed by atoms with van der Waals surface area (Å²) in [5.74, 6) is 4.39. The first-order chi connectivity index (χ1) is 7.40. The third kappa shape index (κ3) is 3.36. The average Bonchev–Trinajstić information content (AvgIpc) is 2.81. The summed E-state index contributed by atoms with van der Waals surface area (Å²) in [6.07, 6.45) is 5.64. The fraction of sp³-hybridized carbons (Fsp3) is 1.00. The minimum atomic E-state index is 0.762. The van der Waals surface area contributed by atoms with E-state index in [1.165, 1.54) is 56.8 Å². The lowest BCUT2D eigenvalue weighted by molar-refractivity contribution is 0.173. The SMILES string of the molecule is NCC(CN1CCCCC1)C1CCSC1. The van der Waals surface area contributed by atoms with Crippen molar-refractivity contribution < 1.29 is 0 Å². The average molecular weight is 228 g/mol. The van der Waals surface area contributed by atoms with Crippen LogP contribution < -0.4 is 5.73 Å². The molecular weight excluding hydrogens is 204 g/mol. The number of nitrogens with zero attached hydrogens (tertiary/aromatic N) is 1. The molecule has 2 fully saturated rings. The highest BCUT2D eigenvalue weighted by molar-refractivity contribution is 7.99. The number of nitrogens with two attached hydrogens (primary N) is 1. The van der Waals surface area contributed by atoms with Crippen molar-refractivity contribution in [1.82, 2.24) is 4.90 Å². The molecule has 2 saturated heterocycles. The Kier molecular flexibility index (Phi) is 4.79. The highest BCUT2D eigenvalue weighted by Crippen LogP contribution is 2.30. The fourth-order valence-electron chi connectivity index (χ4n) is 2.81. The Morgan fingerprint density at radius 3 is 2.67 bits per heavy atom. The van der Waals surface area contributed by atoms with Crippen LogP contribution in [0.25, 0.3) is 0 Å². The number of likely N-dealkylation sites (tertiary alicyclic amines) is 1. The molecule has 2 aliphatic rings. The molecule has 0 aromatic rings. The van der Waals surface area contributed by atoms with Gasteiger partial charge in [0.1, 0.15) is 0 Å². The Morgan fingerprint density at radius 2 is 2.07 bits per heavy atom. The van der Waals surface area contributed by atoms with Crippen LogP contribution in [0.5, 0.6) is 0 Å². The second kappa shape index (κ2) is 6.12. The molecule has 15 heavy (non-hydrogen) atoms. The molecule has 2 rings (SSSR count). The zero-order valence-electron chi connectivity index (χ0n) is 9.66. The van der Waals surface area contributed by atoms with Gasteiger partial charge in [-0.1, -0.05) is 6.42 Å². The monoisotopic (exact) mass is 228 g/mol. The predicted molar refractivity (Wildman–Crippen MR) is 68.3 cm³/mol. The van der Waals surface area contributed by atoms with Crippen LogP contribution in [0.1, 0.15) is 25.7 Å². The Morgan fingerprint density at radius 1 is 1.27 bits per heavy atom. The topological polar surface area (TPSA) is 29.3 Å². The van der Waals surface area contributed by atoms with Crippen molar-refractivity contribution in [2.75, 3.05) is 37.7 Å². The van der Waals surface area contributed by atoms with Crippen molar-refractivity contribution in [3.63, 3.8) is 0 Å². The van der Waals surface area contributed by atoms with Gasteiger partial charge in [-0.05, 0) is 62.2 Å². The van der Waals surface area contributed by atoms with Gasteiger partial charge in [0.05, 0.1) is 0 Å². The molecule has 2 nitrogen and oxygen atoms in total. The summed E-state index contributed by atoms with van der Waals surface area (Å²) < 4.78 is 0. The lowest BCUT2D eigenvalue weighted by Crippen LogP contribution is -2.39. The van der Waals surface area contributed by atoms with Gasteiger partial charge in [0.2, 0.25) is 0 Å². The van der Waals surface area contributed by atoms with E-state index in [9.17, 15) is 0 Å².